The highest BCUT2D eigenvalue weighted by Gasteiger charge is 2.60. The van der Waals surface area contributed by atoms with Crippen LogP contribution in [0.3, 0.4) is 0 Å². The standard InChI is InChI=1S/C23H37N3O4S/c1-13-19-18(14(2)27)22(28)26(19)20(23(29)30)21(13)31-17-8-9-25(12-17)11-16-6-4-15(5-7-16)10-24-3/h13-19,24,27H,4-12H2,1-3H3,(H,29,30)/t13-,14-,15?,16?,17-,18-,19-/m1/s1. The van der Waals surface area contributed by atoms with E-state index in [-0.39, 0.29) is 23.6 Å². The molecule has 174 valence electrons. The number of hydrogen-bond acceptors (Lipinski definition) is 6. The molecule has 3 aliphatic heterocycles. The predicted molar refractivity (Wildman–Crippen MR) is 121 cm³/mol. The molecule has 3 N–H and O–H groups in total. The number of aliphatic hydroxyl groups excluding tert-OH is 1. The van der Waals surface area contributed by atoms with Gasteiger partial charge in [0.1, 0.15) is 5.70 Å². The molecule has 5 atom stereocenters. The number of aliphatic hydroxyl groups is 1. The van der Waals surface area contributed by atoms with Gasteiger partial charge < -0.3 is 25.3 Å². The molecule has 0 aromatic heterocycles. The van der Waals surface area contributed by atoms with Gasteiger partial charge in [0.15, 0.2) is 0 Å². The number of thioether (sulfide) groups is 1. The zero-order chi connectivity index (χ0) is 22.3. The second-order valence-electron chi connectivity index (χ2n) is 10.0. The number of carbonyl (C=O) groups is 2. The lowest BCUT2D eigenvalue weighted by atomic mass is 9.79. The number of carbonyl (C=O) groups excluding carboxylic acids is 1. The smallest absolute Gasteiger partial charge is 0.353 e. The summed E-state index contributed by atoms with van der Waals surface area (Å²) in [5.41, 5.74) is 0.158. The van der Waals surface area contributed by atoms with Crippen molar-refractivity contribution in [2.45, 2.75) is 63.3 Å². The number of hydrogen-bond donors (Lipinski definition) is 3. The van der Waals surface area contributed by atoms with Crippen molar-refractivity contribution in [2.24, 2.45) is 23.7 Å². The third kappa shape index (κ3) is 4.41. The van der Waals surface area contributed by atoms with Gasteiger partial charge in [-0.05, 0) is 71.0 Å². The fourth-order valence-corrected chi connectivity index (χ4v) is 7.71. The molecule has 0 aromatic carbocycles. The summed E-state index contributed by atoms with van der Waals surface area (Å²) in [5.74, 6) is -0.191. The van der Waals surface area contributed by atoms with Crippen LogP contribution in [0.5, 0.6) is 0 Å². The van der Waals surface area contributed by atoms with Crippen LogP contribution >= 0.6 is 11.8 Å². The summed E-state index contributed by atoms with van der Waals surface area (Å²) in [7, 11) is 2.04. The molecular formula is C23H37N3O4S. The van der Waals surface area contributed by atoms with E-state index in [0.29, 0.717) is 5.25 Å². The molecular weight excluding hydrogens is 414 g/mol. The Morgan fingerprint density at radius 1 is 1.23 bits per heavy atom. The first kappa shape index (κ1) is 23.1. The SMILES string of the molecule is CNCC1CCC(CN2CC[C@@H](SC3=C(C(=O)O)N4C(=O)[C@H]([C@@H](C)O)[C@H]4[C@H]3C)C2)CC1. The van der Waals surface area contributed by atoms with Crippen molar-refractivity contribution in [3.63, 3.8) is 0 Å². The van der Waals surface area contributed by atoms with E-state index in [1.54, 1.807) is 18.7 Å². The molecule has 0 spiro atoms. The molecule has 0 radical (unpaired) electrons. The van der Waals surface area contributed by atoms with E-state index in [1.165, 1.54) is 30.6 Å². The molecule has 4 rings (SSSR count). The average Bonchev–Trinajstić information content (AvgIpc) is 3.25. The summed E-state index contributed by atoms with van der Waals surface area (Å²) < 4.78 is 0. The molecule has 0 unspecified atom stereocenters. The first-order chi connectivity index (χ1) is 14.8. The summed E-state index contributed by atoms with van der Waals surface area (Å²) in [4.78, 5) is 29.3. The van der Waals surface area contributed by atoms with Crippen molar-refractivity contribution in [1.82, 2.24) is 15.1 Å². The quantitative estimate of drug-likeness (QED) is 0.486. The van der Waals surface area contributed by atoms with Gasteiger partial charge in [0.05, 0.1) is 18.1 Å². The summed E-state index contributed by atoms with van der Waals surface area (Å²) >= 11 is 1.67. The van der Waals surface area contributed by atoms with Crippen LogP contribution in [0, 0.1) is 23.7 Å². The van der Waals surface area contributed by atoms with Gasteiger partial charge in [-0.25, -0.2) is 4.79 Å². The second kappa shape index (κ2) is 9.41. The minimum absolute atomic E-state index is 0.0371. The summed E-state index contributed by atoms with van der Waals surface area (Å²) in [6.07, 6.45) is 5.57. The Balaban J connectivity index is 1.34. The highest BCUT2D eigenvalue weighted by Crippen LogP contribution is 2.52. The highest BCUT2D eigenvalue weighted by molar-refractivity contribution is 8.03. The second-order valence-corrected chi connectivity index (χ2v) is 11.3. The summed E-state index contributed by atoms with van der Waals surface area (Å²) in [5, 5.41) is 23.5. The van der Waals surface area contributed by atoms with Crippen LogP contribution in [-0.2, 0) is 9.59 Å². The van der Waals surface area contributed by atoms with Gasteiger partial charge in [-0.15, -0.1) is 11.8 Å². The van der Waals surface area contributed by atoms with E-state index in [4.69, 9.17) is 0 Å². The Kier molecular flexibility index (Phi) is 7.01. The van der Waals surface area contributed by atoms with Crippen LogP contribution < -0.4 is 5.32 Å². The molecule has 31 heavy (non-hydrogen) atoms. The fourth-order valence-electron chi connectivity index (χ4n) is 6.19. The molecule has 1 amide bonds. The van der Waals surface area contributed by atoms with Crippen LogP contribution in [0.2, 0.25) is 0 Å². The van der Waals surface area contributed by atoms with Crippen molar-refractivity contribution in [1.29, 1.82) is 0 Å². The van der Waals surface area contributed by atoms with Gasteiger partial charge in [-0.2, -0.15) is 0 Å². The summed E-state index contributed by atoms with van der Waals surface area (Å²) in [6.45, 7) is 7.97. The van der Waals surface area contributed by atoms with E-state index in [0.717, 1.165) is 49.3 Å². The van der Waals surface area contributed by atoms with Gasteiger partial charge in [0, 0.05) is 29.2 Å². The van der Waals surface area contributed by atoms with E-state index < -0.39 is 18.0 Å². The Bertz CT molecular complexity index is 734. The minimum Gasteiger partial charge on any atom is -0.477 e. The van der Waals surface area contributed by atoms with Gasteiger partial charge in [-0.3, -0.25) is 4.79 Å². The topological polar surface area (TPSA) is 93.1 Å². The lowest BCUT2D eigenvalue weighted by molar-refractivity contribution is -0.163. The lowest BCUT2D eigenvalue weighted by Crippen LogP contribution is -2.63. The fraction of sp³-hybridized carbons (Fsp3) is 0.826. The maximum atomic E-state index is 12.5. The Morgan fingerprint density at radius 3 is 2.52 bits per heavy atom. The molecule has 8 heteroatoms. The molecule has 2 saturated heterocycles. The third-order valence-electron chi connectivity index (χ3n) is 7.81. The molecule has 4 aliphatic rings. The van der Waals surface area contributed by atoms with Crippen LogP contribution in [0.15, 0.2) is 10.6 Å². The van der Waals surface area contributed by atoms with Crippen LogP contribution in [-0.4, -0.2) is 82.5 Å². The third-order valence-corrected chi connectivity index (χ3v) is 9.35. The van der Waals surface area contributed by atoms with Gasteiger partial charge >= 0.3 is 5.97 Å². The van der Waals surface area contributed by atoms with Gasteiger partial charge in [-0.1, -0.05) is 6.92 Å². The van der Waals surface area contributed by atoms with Crippen molar-refractivity contribution in [3.8, 4) is 0 Å². The van der Waals surface area contributed by atoms with E-state index in [9.17, 15) is 19.8 Å². The van der Waals surface area contributed by atoms with Gasteiger partial charge in [0.25, 0.3) is 0 Å². The zero-order valence-electron chi connectivity index (χ0n) is 18.9. The Labute approximate surface area is 189 Å². The maximum Gasteiger partial charge on any atom is 0.353 e. The molecule has 1 aliphatic carbocycles. The lowest BCUT2D eigenvalue weighted by Gasteiger charge is -2.46. The van der Waals surface area contributed by atoms with E-state index in [1.807, 2.05) is 14.0 Å². The monoisotopic (exact) mass is 451 g/mol. The van der Waals surface area contributed by atoms with E-state index >= 15 is 0 Å². The Morgan fingerprint density at radius 2 is 1.90 bits per heavy atom. The number of nitrogens with zero attached hydrogens (tertiary/aromatic N) is 2. The molecule has 0 aromatic rings. The van der Waals surface area contributed by atoms with Crippen LogP contribution in [0.4, 0.5) is 0 Å². The van der Waals surface area contributed by atoms with E-state index in [2.05, 4.69) is 10.2 Å². The molecule has 3 fully saturated rings. The first-order valence-corrected chi connectivity index (χ1v) is 12.7. The Hall–Kier alpha value is -1.09. The summed E-state index contributed by atoms with van der Waals surface area (Å²) in [6, 6.07) is -0.216. The first-order valence-electron chi connectivity index (χ1n) is 11.8. The molecule has 3 heterocycles. The number of β-lactam (4-membered cyclic amide) rings is 1. The number of nitrogens with one attached hydrogen (secondary N) is 1. The van der Waals surface area contributed by atoms with Crippen molar-refractivity contribution in [2.75, 3.05) is 33.2 Å². The molecule has 1 saturated carbocycles. The van der Waals surface area contributed by atoms with Crippen molar-refractivity contribution in [3.05, 3.63) is 10.6 Å². The molecule has 7 nitrogen and oxygen atoms in total. The average molecular weight is 452 g/mol. The highest BCUT2D eigenvalue weighted by atomic mass is 32.2. The molecule has 0 bridgehead atoms. The van der Waals surface area contributed by atoms with Crippen LogP contribution in [0.25, 0.3) is 0 Å². The zero-order valence-corrected chi connectivity index (χ0v) is 19.7. The minimum atomic E-state index is -1.03. The van der Waals surface area contributed by atoms with Crippen LogP contribution in [0.1, 0.15) is 46.0 Å². The largest absolute Gasteiger partial charge is 0.477 e. The van der Waals surface area contributed by atoms with Crippen molar-refractivity contribution >= 4 is 23.6 Å². The normalized spacial score (nSPS) is 37.2. The number of aliphatic carboxylic acids is 1. The van der Waals surface area contributed by atoms with Crippen molar-refractivity contribution < 1.29 is 19.8 Å². The maximum absolute atomic E-state index is 12.5. The number of carboxylic acid groups (broad SMARTS) is 1. The number of carboxylic acids is 1. The number of likely N-dealkylation sites (tertiary alicyclic amines) is 1. The number of amides is 1. The predicted octanol–water partition coefficient (Wildman–Crippen LogP) is 1.97. The number of fused-ring (bicyclic) bond motifs is 1. The number of rotatable bonds is 8. The van der Waals surface area contributed by atoms with Gasteiger partial charge in [0.2, 0.25) is 5.91 Å².